The van der Waals surface area contributed by atoms with Gasteiger partial charge in [0.2, 0.25) is 0 Å². The molecule has 0 unspecified atom stereocenters. The van der Waals surface area contributed by atoms with Gasteiger partial charge >= 0.3 is 0 Å². The average Bonchev–Trinajstić information content (AvgIpc) is 2.78. The van der Waals surface area contributed by atoms with E-state index in [9.17, 15) is 0 Å². The Balaban J connectivity index is 1.95. The van der Waals surface area contributed by atoms with Crippen molar-refractivity contribution in [3.63, 3.8) is 0 Å². The van der Waals surface area contributed by atoms with E-state index in [4.69, 9.17) is 0 Å². The number of hydrogen-bond donors (Lipinski definition) is 1. The first-order chi connectivity index (χ1) is 9.56. The van der Waals surface area contributed by atoms with E-state index in [0.717, 1.165) is 18.9 Å². The number of likely N-dealkylation sites (N-methyl/N-ethyl adjacent to an activating group) is 1. The van der Waals surface area contributed by atoms with E-state index in [0.29, 0.717) is 0 Å². The highest BCUT2D eigenvalue weighted by atomic mass is 15.6. The fraction of sp³-hybridized carbons (Fsp3) is 0.533. The number of hydrazine groups is 1. The molecule has 0 fully saturated rings. The second-order valence-corrected chi connectivity index (χ2v) is 5.90. The lowest BCUT2D eigenvalue weighted by Gasteiger charge is -2.32. The molecular formula is C15H23N5. The Morgan fingerprint density at radius 2 is 2.15 bits per heavy atom. The molecule has 5 heteroatoms. The predicted octanol–water partition coefficient (Wildman–Crippen LogP) is 1.72. The molecule has 0 aliphatic carbocycles. The largest absolute Gasteiger partial charge is 0.363 e. The number of hydrogen-bond acceptors (Lipinski definition) is 5. The maximum Gasteiger partial charge on any atom is 0.128 e. The summed E-state index contributed by atoms with van der Waals surface area (Å²) in [5, 5.41) is 2.15. The van der Waals surface area contributed by atoms with Gasteiger partial charge in [-0.25, -0.2) is 9.99 Å². The van der Waals surface area contributed by atoms with Gasteiger partial charge in [-0.15, -0.1) is 0 Å². The quantitative estimate of drug-likeness (QED) is 0.887. The summed E-state index contributed by atoms with van der Waals surface area (Å²) in [5.41, 5.74) is 7.46. The zero-order chi connectivity index (χ0) is 14.3. The summed E-state index contributed by atoms with van der Waals surface area (Å²) in [6, 6.07) is 2.16. The smallest absolute Gasteiger partial charge is 0.128 e. The second-order valence-electron chi connectivity index (χ2n) is 5.90. The number of anilines is 2. The first-order valence-corrected chi connectivity index (χ1v) is 7.17. The van der Waals surface area contributed by atoms with Crippen molar-refractivity contribution in [1.82, 2.24) is 15.4 Å². The van der Waals surface area contributed by atoms with Crippen LogP contribution in [0.2, 0.25) is 0 Å². The summed E-state index contributed by atoms with van der Waals surface area (Å²) in [7, 11) is 6.14. The van der Waals surface area contributed by atoms with Crippen molar-refractivity contribution in [2.24, 2.45) is 0 Å². The molecule has 1 aromatic heterocycles. The Labute approximate surface area is 120 Å². The van der Waals surface area contributed by atoms with Crippen molar-refractivity contribution in [1.29, 1.82) is 0 Å². The van der Waals surface area contributed by atoms with Gasteiger partial charge in [0.05, 0.1) is 11.9 Å². The number of aryl methyl sites for hydroxylation is 1. The summed E-state index contributed by atoms with van der Waals surface area (Å²) in [6.45, 7) is 4.25. The van der Waals surface area contributed by atoms with E-state index in [1.54, 1.807) is 0 Å². The van der Waals surface area contributed by atoms with Crippen LogP contribution in [0.5, 0.6) is 0 Å². The van der Waals surface area contributed by atoms with Gasteiger partial charge in [0.1, 0.15) is 11.6 Å². The van der Waals surface area contributed by atoms with E-state index in [1.165, 1.54) is 35.5 Å². The van der Waals surface area contributed by atoms with Gasteiger partial charge in [0.25, 0.3) is 0 Å². The van der Waals surface area contributed by atoms with Crippen LogP contribution in [0.1, 0.15) is 18.4 Å². The monoisotopic (exact) mass is 273 g/mol. The van der Waals surface area contributed by atoms with Crippen molar-refractivity contribution >= 4 is 11.5 Å². The predicted molar refractivity (Wildman–Crippen MR) is 82.7 cm³/mol. The summed E-state index contributed by atoms with van der Waals surface area (Å²) in [4.78, 5) is 8.99. The number of nitrogens with one attached hydrogen (secondary N) is 1. The summed E-state index contributed by atoms with van der Waals surface area (Å²) in [5.74, 6) is 2.27. The molecule has 1 aromatic rings. The van der Waals surface area contributed by atoms with Crippen LogP contribution in [0.3, 0.4) is 0 Å². The maximum absolute atomic E-state index is 4.57. The number of pyridine rings is 1. The minimum atomic E-state index is 1.01. The first kappa shape index (κ1) is 13.2. The minimum Gasteiger partial charge on any atom is -0.363 e. The van der Waals surface area contributed by atoms with Crippen molar-refractivity contribution in [2.75, 3.05) is 44.0 Å². The Hall–Kier alpha value is -1.75. The lowest BCUT2D eigenvalue weighted by Crippen LogP contribution is -2.37. The Bertz CT molecular complexity index is 549. The van der Waals surface area contributed by atoms with Gasteiger partial charge in [0.15, 0.2) is 0 Å². The Kier molecular flexibility index (Phi) is 3.30. The second kappa shape index (κ2) is 4.98. The molecule has 0 saturated carbocycles. The van der Waals surface area contributed by atoms with Gasteiger partial charge in [-0.1, -0.05) is 0 Å². The standard InChI is InChI=1S/C15H23N5/c1-11-8-14(18(2)3)16-9-13(11)20-7-5-6-12-10-19(4)17-15(12)20/h8-9,17H,5-7,10H2,1-4H3. The molecule has 0 radical (unpaired) electrons. The molecule has 20 heavy (non-hydrogen) atoms. The Morgan fingerprint density at radius 1 is 1.35 bits per heavy atom. The fourth-order valence-electron chi connectivity index (χ4n) is 2.97. The van der Waals surface area contributed by atoms with Gasteiger partial charge in [-0.05, 0) is 37.0 Å². The molecule has 2 aliphatic heterocycles. The number of rotatable bonds is 2. The molecule has 3 heterocycles. The third-order valence-electron chi connectivity index (χ3n) is 4.01. The molecule has 0 saturated heterocycles. The van der Waals surface area contributed by atoms with Crippen LogP contribution in [-0.2, 0) is 0 Å². The number of aromatic nitrogens is 1. The van der Waals surface area contributed by atoms with Crippen LogP contribution < -0.4 is 15.2 Å². The summed E-state index contributed by atoms with van der Waals surface area (Å²) in [6.07, 6.45) is 4.41. The third-order valence-corrected chi connectivity index (χ3v) is 4.01. The summed E-state index contributed by atoms with van der Waals surface area (Å²) < 4.78 is 0. The number of nitrogens with zero attached hydrogens (tertiary/aromatic N) is 4. The van der Waals surface area contributed by atoms with Crippen molar-refractivity contribution in [3.8, 4) is 0 Å². The lowest BCUT2D eigenvalue weighted by molar-refractivity contribution is 0.317. The molecule has 0 aromatic carbocycles. The highest BCUT2D eigenvalue weighted by molar-refractivity contribution is 5.61. The molecule has 5 nitrogen and oxygen atoms in total. The van der Waals surface area contributed by atoms with Crippen LogP contribution >= 0.6 is 0 Å². The van der Waals surface area contributed by atoms with Gasteiger partial charge in [-0.3, -0.25) is 0 Å². The Morgan fingerprint density at radius 3 is 2.85 bits per heavy atom. The first-order valence-electron chi connectivity index (χ1n) is 7.17. The molecular weight excluding hydrogens is 250 g/mol. The molecule has 3 rings (SSSR count). The third kappa shape index (κ3) is 2.22. The maximum atomic E-state index is 4.57. The van der Waals surface area contributed by atoms with E-state index < -0.39 is 0 Å². The van der Waals surface area contributed by atoms with Crippen LogP contribution in [0.15, 0.2) is 23.7 Å². The van der Waals surface area contributed by atoms with E-state index >= 15 is 0 Å². The van der Waals surface area contributed by atoms with Crippen molar-refractivity contribution in [3.05, 3.63) is 29.2 Å². The van der Waals surface area contributed by atoms with Crippen LogP contribution in [0.25, 0.3) is 0 Å². The average molecular weight is 273 g/mol. The van der Waals surface area contributed by atoms with Crippen molar-refractivity contribution in [2.45, 2.75) is 19.8 Å². The molecule has 0 bridgehead atoms. The highest BCUT2D eigenvalue weighted by Gasteiger charge is 2.28. The fourth-order valence-corrected chi connectivity index (χ4v) is 2.97. The SMILES string of the molecule is Cc1cc(N(C)C)ncc1N1CCCC2=C1NN(C)C2. The topological polar surface area (TPSA) is 34.6 Å². The van der Waals surface area contributed by atoms with Crippen LogP contribution in [0, 0.1) is 6.92 Å². The zero-order valence-electron chi connectivity index (χ0n) is 12.8. The van der Waals surface area contributed by atoms with Crippen LogP contribution in [0.4, 0.5) is 11.5 Å². The molecule has 0 atom stereocenters. The summed E-state index contributed by atoms with van der Waals surface area (Å²) >= 11 is 0. The molecule has 1 N–H and O–H groups in total. The van der Waals surface area contributed by atoms with Crippen LogP contribution in [-0.4, -0.2) is 44.2 Å². The lowest BCUT2D eigenvalue weighted by atomic mass is 10.1. The normalized spacial score (nSPS) is 19.1. The van der Waals surface area contributed by atoms with E-state index in [1.807, 2.05) is 25.2 Å². The van der Waals surface area contributed by atoms with Gasteiger partial charge in [-0.2, -0.15) is 0 Å². The van der Waals surface area contributed by atoms with Gasteiger partial charge in [0, 0.05) is 34.2 Å². The minimum absolute atomic E-state index is 1.01. The highest BCUT2D eigenvalue weighted by Crippen LogP contribution is 2.32. The van der Waals surface area contributed by atoms with E-state index in [2.05, 4.69) is 40.4 Å². The molecule has 2 aliphatic rings. The molecule has 0 spiro atoms. The molecule has 108 valence electrons. The molecule has 0 amide bonds. The van der Waals surface area contributed by atoms with E-state index in [-0.39, 0.29) is 0 Å². The van der Waals surface area contributed by atoms with Gasteiger partial charge < -0.3 is 15.2 Å². The zero-order valence-corrected chi connectivity index (χ0v) is 12.8. The van der Waals surface area contributed by atoms with Crippen molar-refractivity contribution < 1.29 is 0 Å².